The third kappa shape index (κ3) is 2.66. The van der Waals surface area contributed by atoms with Gasteiger partial charge in [-0.25, -0.2) is 0 Å². The number of rotatable bonds is 3. The van der Waals surface area contributed by atoms with E-state index in [0.717, 1.165) is 51.7 Å². The lowest BCUT2D eigenvalue weighted by Gasteiger charge is -2.30. The lowest BCUT2D eigenvalue weighted by molar-refractivity contribution is 0.0547. The average Bonchev–Trinajstić information content (AvgIpc) is 2.82. The zero-order valence-corrected chi connectivity index (χ0v) is 8.08. The Hall–Kier alpha value is -0.120. The molecule has 3 heteroatoms. The molecule has 1 aliphatic heterocycles. The van der Waals surface area contributed by atoms with E-state index in [-0.39, 0.29) is 11.7 Å². The van der Waals surface area contributed by atoms with Gasteiger partial charge in [0.15, 0.2) is 0 Å². The standard InChI is InChI=1S/C10H19NO2/c12-9-2-1-6-11(8-9)7-5-10(13)3-4-10/h9,12-13H,1-8H2. The molecular formula is C10H19NO2. The molecule has 2 aliphatic rings. The largest absolute Gasteiger partial charge is 0.392 e. The molecule has 1 saturated carbocycles. The number of piperidine rings is 1. The van der Waals surface area contributed by atoms with Crippen molar-refractivity contribution in [2.45, 2.75) is 43.8 Å². The maximum Gasteiger partial charge on any atom is 0.0667 e. The van der Waals surface area contributed by atoms with Crippen LogP contribution >= 0.6 is 0 Å². The minimum absolute atomic E-state index is 0.136. The van der Waals surface area contributed by atoms with Crippen LogP contribution in [0.5, 0.6) is 0 Å². The van der Waals surface area contributed by atoms with Crippen LogP contribution in [0.4, 0.5) is 0 Å². The first-order chi connectivity index (χ1) is 6.18. The minimum atomic E-state index is -0.331. The molecule has 2 N–H and O–H groups in total. The molecule has 1 unspecified atom stereocenters. The molecule has 1 heterocycles. The Kier molecular flexibility index (Phi) is 2.58. The molecule has 2 rings (SSSR count). The van der Waals surface area contributed by atoms with Crippen LogP contribution in [0, 0.1) is 0 Å². The van der Waals surface area contributed by atoms with Crippen LogP contribution in [-0.4, -0.2) is 46.5 Å². The summed E-state index contributed by atoms with van der Waals surface area (Å²) in [5.41, 5.74) is -0.331. The van der Waals surface area contributed by atoms with Crippen LogP contribution in [-0.2, 0) is 0 Å². The van der Waals surface area contributed by atoms with Crippen molar-refractivity contribution in [3.05, 3.63) is 0 Å². The van der Waals surface area contributed by atoms with Gasteiger partial charge in [-0.3, -0.25) is 0 Å². The summed E-state index contributed by atoms with van der Waals surface area (Å²) >= 11 is 0. The Balaban J connectivity index is 1.68. The van der Waals surface area contributed by atoms with Crippen molar-refractivity contribution in [2.24, 2.45) is 0 Å². The van der Waals surface area contributed by atoms with Crippen molar-refractivity contribution in [3.63, 3.8) is 0 Å². The van der Waals surface area contributed by atoms with Crippen molar-refractivity contribution >= 4 is 0 Å². The molecule has 1 saturated heterocycles. The number of β-amino-alcohol motifs (C(OH)–C–C–N with tert-alkyl or cyclic N) is 1. The van der Waals surface area contributed by atoms with Gasteiger partial charge >= 0.3 is 0 Å². The highest BCUT2D eigenvalue weighted by Crippen LogP contribution is 2.38. The van der Waals surface area contributed by atoms with Gasteiger partial charge in [-0.05, 0) is 38.6 Å². The van der Waals surface area contributed by atoms with Gasteiger partial charge in [0.25, 0.3) is 0 Å². The molecule has 0 aromatic heterocycles. The summed E-state index contributed by atoms with van der Waals surface area (Å²) in [5, 5.41) is 19.1. The predicted molar refractivity (Wildman–Crippen MR) is 50.5 cm³/mol. The SMILES string of the molecule is OC1CCCN(CCC2(O)CC2)C1. The molecular weight excluding hydrogens is 166 g/mol. The third-order valence-corrected chi connectivity index (χ3v) is 3.20. The lowest BCUT2D eigenvalue weighted by Crippen LogP contribution is -2.39. The van der Waals surface area contributed by atoms with E-state index in [0.29, 0.717) is 0 Å². The smallest absolute Gasteiger partial charge is 0.0667 e. The molecule has 0 aromatic carbocycles. The van der Waals surface area contributed by atoms with E-state index in [1.165, 1.54) is 0 Å². The summed E-state index contributed by atoms with van der Waals surface area (Å²) in [7, 11) is 0. The average molecular weight is 185 g/mol. The Morgan fingerprint density at radius 2 is 2.15 bits per heavy atom. The Morgan fingerprint density at radius 1 is 1.38 bits per heavy atom. The molecule has 0 aromatic rings. The van der Waals surface area contributed by atoms with Crippen molar-refractivity contribution in [1.82, 2.24) is 4.90 Å². The fraction of sp³-hybridized carbons (Fsp3) is 1.00. The van der Waals surface area contributed by atoms with Crippen LogP contribution < -0.4 is 0 Å². The van der Waals surface area contributed by atoms with E-state index in [9.17, 15) is 10.2 Å². The Morgan fingerprint density at radius 3 is 2.77 bits per heavy atom. The van der Waals surface area contributed by atoms with Crippen molar-refractivity contribution < 1.29 is 10.2 Å². The summed E-state index contributed by atoms with van der Waals surface area (Å²) in [4.78, 5) is 2.27. The third-order valence-electron chi connectivity index (χ3n) is 3.20. The summed E-state index contributed by atoms with van der Waals surface area (Å²) < 4.78 is 0. The molecule has 13 heavy (non-hydrogen) atoms. The molecule has 76 valence electrons. The van der Waals surface area contributed by atoms with Crippen molar-refractivity contribution in [2.75, 3.05) is 19.6 Å². The summed E-state index contributed by atoms with van der Waals surface area (Å²) in [6.45, 7) is 2.84. The normalized spacial score (nSPS) is 33.2. The predicted octanol–water partition coefficient (Wildman–Crippen LogP) is 0.358. The van der Waals surface area contributed by atoms with Crippen LogP contribution in [0.25, 0.3) is 0 Å². The van der Waals surface area contributed by atoms with Crippen LogP contribution in [0.15, 0.2) is 0 Å². The van der Waals surface area contributed by atoms with Gasteiger partial charge in [-0.15, -0.1) is 0 Å². The lowest BCUT2D eigenvalue weighted by atomic mass is 10.1. The highest BCUT2D eigenvalue weighted by Gasteiger charge is 2.40. The van der Waals surface area contributed by atoms with E-state index >= 15 is 0 Å². The zero-order chi connectivity index (χ0) is 9.31. The minimum Gasteiger partial charge on any atom is -0.392 e. The fourth-order valence-corrected chi connectivity index (χ4v) is 1.99. The maximum atomic E-state index is 9.64. The van der Waals surface area contributed by atoms with Crippen molar-refractivity contribution in [1.29, 1.82) is 0 Å². The van der Waals surface area contributed by atoms with Gasteiger partial charge in [-0.1, -0.05) is 0 Å². The summed E-state index contributed by atoms with van der Waals surface area (Å²) in [6.07, 6.45) is 4.75. The first-order valence-electron chi connectivity index (χ1n) is 5.31. The molecule has 0 amide bonds. The fourth-order valence-electron chi connectivity index (χ4n) is 1.99. The van der Waals surface area contributed by atoms with E-state index in [2.05, 4.69) is 4.90 Å². The maximum absolute atomic E-state index is 9.64. The van der Waals surface area contributed by atoms with Gasteiger partial charge < -0.3 is 15.1 Å². The van der Waals surface area contributed by atoms with Gasteiger partial charge in [0.05, 0.1) is 11.7 Å². The molecule has 0 radical (unpaired) electrons. The summed E-state index contributed by atoms with van der Waals surface area (Å²) in [5.74, 6) is 0. The molecule has 0 bridgehead atoms. The number of aliphatic hydroxyl groups excluding tert-OH is 1. The van der Waals surface area contributed by atoms with Crippen LogP contribution in [0.1, 0.15) is 32.1 Å². The molecule has 0 spiro atoms. The highest BCUT2D eigenvalue weighted by atomic mass is 16.3. The molecule has 1 aliphatic carbocycles. The zero-order valence-electron chi connectivity index (χ0n) is 8.08. The quantitative estimate of drug-likeness (QED) is 0.667. The molecule has 1 atom stereocenters. The van der Waals surface area contributed by atoms with Crippen molar-refractivity contribution in [3.8, 4) is 0 Å². The molecule has 3 nitrogen and oxygen atoms in total. The van der Waals surface area contributed by atoms with E-state index in [4.69, 9.17) is 0 Å². The second-order valence-corrected chi connectivity index (χ2v) is 4.57. The van der Waals surface area contributed by atoms with Gasteiger partial charge in [0.1, 0.15) is 0 Å². The van der Waals surface area contributed by atoms with Crippen LogP contribution in [0.2, 0.25) is 0 Å². The van der Waals surface area contributed by atoms with E-state index in [1.807, 2.05) is 0 Å². The van der Waals surface area contributed by atoms with Gasteiger partial charge in [0.2, 0.25) is 0 Å². The highest BCUT2D eigenvalue weighted by molar-refractivity contribution is 4.94. The van der Waals surface area contributed by atoms with E-state index in [1.54, 1.807) is 0 Å². The topological polar surface area (TPSA) is 43.7 Å². The van der Waals surface area contributed by atoms with Gasteiger partial charge in [0, 0.05) is 13.1 Å². The first-order valence-corrected chi connectivity index (χ1v) is 5.31. The first kappa shape index (κ1) is 9.44. The summed E-state index contributed by atoms with van der Waals surface area (Å²) in [6, 6.07) is 0. The monoisotopic (exact) mass is 185 g/mol. The number of hydrogen-bond acceptors (Lipinski definition) is 3. The van der Waals surface area contributed by atoms with Crippen LogP contribution in [0.3, 0.4) is 0 Å². The Bertz CT molecular complexity index is 180. The van der Waals surface area contributed by atoms with Gasteiger partial charge in [-0.2, -0.15) is 0 Å². The number of hydrogen-bond donors (Lipinski definition) is 2. The number of aliphatic hydroxyl groups is 2. The molecule has 2 fully saturated rings. The Labute approximate surface area is 79.4 Å². The van der Waals surface area contributed by atoms with E-state index < -0.39 is 0 Å². The number of nitrogens with zero attached hydrogens (tertiary/aromatic N) is 1. The second-order valence-electron chi connectivity index (χ2n) is 4.57. The second kappa shape index (κ2) is 3.56. The number of likely N-dealkylation sites (tertiary alicyclic amines) is 1.